The molecule has 114 heavy (non-hydrogen) atoms. The van der Waals surface area contributed by atoms with E-state index in [1.165, 1.54) is 30.0 Å². The second-order valence-electron chi connectivity index (χ2n) is 25.9. The van der Waals surface area contributed by atoms with Crippen LogP contribution in [0.15, 0.2) is 60.7 Å². The minimum Gasteiger partial charge on any atom is -0.494 e. The average Bonchev–Trinajstić information content (AvgIpc) is 1.62. The fourth-order valence-corrected chi connectivity index (χ4v) is 11.8. The maximum absolute atomic E-state index is 14.1. The summed E-state index contributed by atoms with van der Waals surface area (Å²) in [7, 11) is 1.43. The minimum atomic E-state index is -1.18. The lowest BCUT2D eigenvalue weighted by Crippen LogP contribution is -2.47. The van der Waals surface area contributed by atoms with Gasteiger partial charge in [0.15, 0.2) is 0 Å². The summed E-state index contributed by atoms with van der Waals surface area (Å²) >= 11 is 0. The van der Waals surface area contributed by atoms with Crippen molar-refractivity contribution in [2.24, 2.45) is 11.5 Å². The number of primary amides is 2. The van der Waals surface area contributed by atoms with Crippen molar-refractivity contribution in [3.8, 4) is 11.5 Å². The number of nitrogens with zero attached hydrogens (tertiary/aromatic N) is 11. The Morgan fingerprint density at radius 2 is 0.904 bits per heavy atom. The van der Waals surface area contributed by atoms with Gasteiger partial charge in [0.25, 0.3) is 23.6 Å². The number of aryl methyl sites for hydroxylation is 3. The van der Waals surface area contributed by atoms with E-state index in [1.54, 1.807) is 51.9 Å². The normalized spacial score (nSPS) is 13.7. The lowest BCUT2D eigenvalue weighted by atomic mass is 10.1. The van der Waals surface area contributed by atoms with Crippen molar-refractivity contribution in [1.82, 2.24) is 58.7 Å². The number of amides is 7. The summed E-state index contributed by atoms with van der Waals surface area (Å²) in [5.74, 6) is -3.19. The topological polar surface area (TPSA) is 458 Å². The van der Waals surface area contributed by atoms with Gasteiger partial charge in [-0.3, -0.25) is 63.4 Å². The molecule has 2 aliphatic rings. The summed E-state index contributed by atoms with van der Waals surface area (Å²) < 4.78 is 85.4. The van der Waals surface area contributed by atoms with E-state index >= 15 is 0 Å². The molecular formula is C75H110N16O23. The van der Waals surface area contributed by atoms with Gasteiger partial charge in [0.2, 0.25) is 29.6 Å². The third kappa shape index (κ3) is 30.2. The third-order valence-corrected chi connectivity index (χ3v) is 17.5. The summed E-state index contributed by atoms with van der Waals surface area (Å²) in [6, 6.07) is 9.30. The number of hydrogen-bond donors (Lipinski definition) is 7. The first kappa shape index (κ1) is 90.3. The number of nitrogens with two attached hydrogens (primary N) is 2. The van der Waals surface area contributed by atoms with Crippen molar-refractivity contribution in [2.45, 2.75) is 59.5 Å². The number of imidazole rings is 2. The number of fused-ring (bicyclic) bond motifs is 2. The summed E-state index contributed by atoms with van der Waals surface area (Å²) in [6.07, 6.45) is 5.35. The standard InChI is InChI=1S/C75H110N16O23/c1-5-90-61(45-54(2)83-90)72(99)81-75-80-60-48-57(71(77)98)50-64(69(60)88(75)14-7-6-13-87-68-59(47-56(70(76)97)49-63(68)101-4)79-74(87)82-73(100)62-46-55(3)84-91(62)51-58(93)53-92)114-20-8-12-85-15-17-86(18-16-85)19-22-103-24-26-105-28-30-107-32-34-109-36-38-111-40-42-113-44-43-112-41-39-110-37-35-108-33-31-106-29-27-104-25-23-102-21-11-78-65(94)52-89-66(95)9-10-67(89)96/h6-7,9-10,45-50,58,92-93H,5,8,11-44,51-53H2,1-4H3,(H2,76,97)(H2,77,98)(H,78,94)(H,79,82,100)(H,80,81,99)/b7-6+. The Hall–Kier alpha value is -9.27. The number of allylic oxidation sites excluding steroid dienone is 2. The van der Waals surface area contributed by atoms with Crippen molar-refractivity contribution in [1.29, 1.82) is 0 Å². The minimum absolute atomic E-state index is 0.0648. The van der Waals surface area contributed by atoms with Crippen LogP contribution in [0.25, 0.3) is 22.1 Å². The lowest BCUT2D eigenvalue weighted by molar-refractivity contribution is -0.141. The molecule has 1 fully saturated rings. The Balaban J connectivity index is 0.639. The molecule has 1 saturated heterocycles. The molecule has 0 radical (unpaired) electrons. The summed E-state index contributed by atoms with van der Waals surface area (Å²) in [5, 5.41) is 37.0. The molecule has 9 N–H and O–H groups in total. The van der Waals surface area contributed by atoms with Crippen LogP contribution in [0, 0.1) is 13.8 Å². The van der Waals surface area contributed by atoms with Crippen LogP contribution in [0.5, 0.6) is 11.5 Å². The largest absolute Gasteiger partial charge is 0.494 e. The molecule has 0 spiro atoms. The van der Waals surface area contributed by atoms with Crippen molar-refractivity contribution in [3.63, 3.8) is 0 Å². The summed E-state index contributed by atoms with van der Waals surface area (Å²) in [6.45, 7) is 20.8. The molecule has 6 heterocycles. The van der Waals surface area contributed by atoms with Gasteiger partial charge in [-0.05, 0) is 63.6 Å². The van der Waals surface area contributed by atoms with Gasteiger partial charge in [0.1, 0.15) is 40.5 Å². The molecule has 4 aromatic heterocycles. The predicted molar refractivity (Wildman–Crippen MR) is 412 cm³/mol. The maximum atomic E-state index is 14.1. The van der Waals surface area contributed by atoms with Crippen molar-refractivity contribution < 1.29 is 110 Å². The number of piperazine rings is 1. The molecule has 6 aromatic rings. The molecule has 2 aliphatic heterocycles. The highest BCUT2D eigenvalue weighted by Crippen LogP contribution is 2.34. The van der Waals surface area contributed by atoms with E-state index in [0.717, 1.165) is 56.3 Å². The molecule has 1 unspecified atom stereocenters. The molecule has 39 heteroatoms. The molecule has 8 rings (SSSR count). The van der Waals surface area contributed by atoms with E-state index < -0.39 is 54.1 Å². The number of carbonyl (C=O) groups is 7. The first-order chi connectivity index (χ1) is 55.4. The van der Waals surface area contributed by atoms with Gasteiger partial charge in [-0.25, -0.2) is 9.97 Å². The second kappa shape index (κ2) is 50.2. The van der Waals surface area contributed by atoms with E-state index in [1.807, 2.05) is 13.0 Å². The molecule has 7 amide bonds. The van der Waals surface area contributed by atoms with Gasteiger partial charge in [-0.1, -0.05) is 12.2 Å². The predicted octanol–water partition coefficient (Wildman–Crippen LogP) is 0.363. The van der Waals surface area contributed by atoms with Gasteiger partial charge >= 0.3 is 0 Å². The number of nitrogens with one attached hydrogen (secondary N) is 3. The zero-order valence-electron chi connectivity index (χ0n) is 65.5. The van der Waals surface area contributed by atoms with Crippen LogP contribution in [0.4, 0.5) is 11.9 Å². The Bertz CT molecular complexity index is 4040. The number of rotatable bonds is 61. The summed E-state index contributed by atoms with van der Waals surface area (Å²) in [4.78, 5) is 103. The Morgan fingerprint density at radius 3 is 1.32 bits per heavy atom. The summed E-state index contributed by atoms with van der Waals surface area (Å²) in [5.41, 5.74) is 14.9. The second-order valence-corrected chi connectivity index (χ2v) is 25.9. The zero-order valence-corrected chi connectivity index (χ0v) is 65.5. The fourth-order valence-electron chi connectivity index (χ4n) is 11.8. The highest BCUT2D eigenvalue weighted by molar-refractivity contribution is 6.14. The zero-order chi connectivity index (χ0) is 81.2. The van der Waals surface area contributed by atoms with Crippen LogP contribution in [0.1, 0.15) is 66.4 Å². The molecule has 628 valence electrons. The third-order valence-electron chi connectivity index (χ3n) is 17.5. The number of anilines is 2. The van der Waals surface area contributed by atoms with Gasteiger partial charge in [-0.15, -0.1) is 0 Å². The van der Waals surface area contributed by atoms with Crippen LogP contribution < -0.4 is 36.9 Å². The average molecular weight is 1600 g/mol. The highest BCUT2D eigenvalue weighted by atomic mass is 16.6. The van der Waals surface area contributed by atoms with Gasteiger partial charge in [-0.2, -0.15) is 10.2 Å². The molecule has 1 atom stereocenters. The quantitative estimate of drug-likeness (QED) is 0.0154. The molecule has 0 aliphatic carbocycles. The number of aliphatic hydroxyl groups is 2. The van der Waals surface area contributed by atoms with Crippen LogP contribution in [-0.4, -0.2) is 342 Å². The van der Waals surface area contributed by atoms with Crippen LogP contribution in [-0.2, 0) is 97.4 Å². The van der Waals surface area contributed by atoms with Gasteiger partial charge < -0.3 is 107 Å². The van der Waals surface area contributed by atoms with Crippen molar-refractivity contribution >= 4 is 75.3 Å². The number of hydrogen-bond acceptors (Lipinski definition) is 29. The highest BCUT2D eigenvalue weighted by Gasteiger charge is 2.28. The number of imide groups is 1. The number of aliphatic hydroxyl groups excluding tert-OH is 2. The molecule has 2 aromatic carbocycles. The molecule has 39 nitrogen and oxygen atoms in total. The smallest absolute Gasteiger partial charge is 0.276 e. The van der Waals surface area contributed by atoms with Crippen molar-refractivity contribution in [2.75, 3.05) is 242 Å². The maximum Gasteiger partial charge on any atom is 0.276 e. The lowest BCUT2D eigenvalue weighted by Gasteiger charge is -2.34. The molecule has 0 bridgehead atoms. The van der Waals surface area contributed by atoms with Gasteiger partial charge in [0.05, 0.1) is 214 Å². The number of aromatic nitrogens is 8. The molecular weight excluding hydrogens is 1490 g/mol. The van der Waals surface area contributed by atoms with Crippen LogP contribution >= 0.6 is 0 Å². The van der Waals surface area contributed by atoms with E-state index in [-0.39, 0.29) is 85.9 Å². The van der Waals surface area contributed by atoms with E-state index in [2.05, 4.69) is 35.9 Å². The SMILES string of the molecule is CCn1nc(C)cc1C(=O)Nc1nc2cc(C(N)=O)cc(OCCCN3CCN(CCOCCOCCOCCOCCOCCOCCOCCOCCOCCOCCOCCOCCNC(=O)CN4C(=O)C=CC4=O)CC3)c2n1C/C=C/Cn1c(NC(=O)c2cc(C)nn2CC(O)CO)nc2cc(C(N)=O)cc(OC)c21. The number of carbonyl (C=O) groups excluding carboxylic acids is 7. The van der Waals surface area contributed by atoms with Crippen molar-refractivity contribution in [3.05, 3.63) is 94.6 Å². The Kier molecular flexibility index (Phi) is 39.7. The first-order valence-electron chi connectivity index (χ1n) is 38.1. The fraction of sp³-hybridized carbons (Fsp3) is 0.587. The van der Waals surface area contributed by atoms with Crippen LogP contribution in [0.2, 0.25) is 0 Å². The van der Waals surface area contributed by atoms with E-state index in [4.69, 9.17) is 87.8 Å². The monoisotopic (exact) mass is 1600 g/mol. The first-order valence-corrected chi connectivity index (χ1v) is 38.1. The number of benzene rings is 2. The Labute approximate surface area is 660 Å². The number of ether oxygens (including phenoxy) is 14. The molecule has 0 saturated carbocycles. The number of methoxy groups -OCH3 is 1. The van der Waals surface area contributed by atoms with Gasteiger partial charge in [0, 0.05) is 88.7 Å². The van der Waals surface area contributed by atoms with E-state index in [9.17, 15) is 43.8 Å². The van der Waals surface area contributed by atoms with Crippen LogP contribution in [0.3, 0.4) is 0 Å². The Morgan fingerprint density at radius 1 is 0.518 bits per heavy atom. The van der Waals surface area contributed by atoms with E-state index in [0.29, 0.717) is 204 Å².